The van der Waals surface area contributed by atoms with Crippen LogP contribution in [0.1, 0.15) is 17.8 Å². The molecule has 1 amide bonds. The molecule has 0 bridgehead atoms. The van der Waals surface area contributed by atoms with Gasteiger partial charge >= 0.3 is 0 Å². The molecule has 4 rings (SSSR count). The first-order valence-corrected chi connectivity index (χ1v) is 9.08. The van der Waals surface area contributed by atoms with Crippen molar-refractivity contribution in [3.63, 3.8) is 0 Å². The molecule has 1 N–H and O–H groups in total. The minimum atomic E-state index is 0.0133. The monoisotopic (exact) mass is 349 g/mol. The first-order valence-electron chi connectivity index (χ1n) is 9.08. The summed E-state index contributed by atoms with van der Waals surface area (Å²) < 4.78 is 7.66. The Morgan fingerprint density at radius 3 is 3.08 bits per heavy atom. The van der Waals surface area contributed by atoms with E-state index in [1.807, 2.05) is 30.6 Å². The quantitative estimate of drug-likeness (QED) is 0.770. The van der Waals surface area contributed by atoms with Crippen molar-refractivity contribution < 1.29 is 9.53 Å². The molecule has 0 spiro atoms. The molecule has 5 nitrogen and oxygen atoms in total. The lowest BCUT2D eigenvalue weighted by atomic mass is 9.96. The van der Waals surface area contributed by atoms with Gasteiger partial charge in [-0.05, 0) is 29.7 Å². The maximum atomic E-state index is 12.6. The number of benzene rings is 2. The molecule has 134 valence electrons. The van der Waals surface area contributed by atoms with E-state index in [2.05, 4.69) is 33.1 Å². The largest absolute Gasteiger partial charge is 0.496 e. The zero-order valence-electron chi connectivity index (χ0n) is 14.9. The van der Waals surface area contributed by atoms with Gasteiger partial charge in [0.1, 0.15) is 11.6 Å². The van der Waals surface area contributed by atoms with E-state index in [4.69, 9.17) is 4.74 Å². The Labute approximate surface area is 153 Å². The summed E-state index contributed by atoms with van der Waals surface area (Å²) in [5, 5.41) is 5.48. The molecule has 1 unspecified atom stereocenters. The predicted octanol–water partition coefficient (Wildman–Crippen LogP) is 2.97. The molecule has 1 aliphatic heterocycles. The van der Waals surface area contributed by atoms with E-state index in [1.165, 1.54) is 10.8 Å². The molecule has 2 aromatic carbocycles. The number of methoxy groups -OCH3 is 1. The zero-order chi connectivity index (χ0) is 17.9. The molecule has 0 saturated heterocycles. The Hall–Kier alpha value is -2.82. The highest BCUT2D eigenvalue weighted by atomic mass is 16.5. The van der Waals surface area contributed by atoms with Crippen molar-refractivity contribution in [2.75, 3.05) is 13.7 Å². The second-order valence-corrected chi connectivity index (χ2v) is 6.74. The number of carbonyl (C=O) groups excluding carboxylic acids is 1. The molecular weight excluding hydrogens is 326 g/mol. The lowest BCUT2D eigenvalue weighted by Gasteiger charge is -2.22. The molecule has 2 heterocycles. The fraction of sp³-hybridized carbons (Fsp3) is 0.333. The van der Waals surface area contributed by atoms with Gasteiger partial charge in [0.25, 0.3) is 0 Å². The second kappa shape index (κ2) is 7.20. The van der Waals surface area contributed by atoms with Crippen molar-refractivity contribution >= 4 is 16.7 Å². The van der Waals surface area contributed by atoms with Gasteiger partial charge in [-0.1, -0.05) is 30.3 Å². The Morgan fingerprint density at radius 1 is 1.31 bits per heavy atom. The summed E-state index contributed by atoms with van der Waals surface area (Å²) >= 11 is 0. The third-order valence-electron chi connectivity index (χ3n) is 5.21. The molecule has 26 heavy (non-hydrogen) atoms. The van der Waals surface area contributed by atoms with Crippen molar-refractivity contribution in [1.29, 1.82) is 0 Å². The van der Waals surface area contributed by atoms with Crippen LogP contribution < -0.4 is 10.1 Å². The van der Waals surface area contributed by atoms with Gasteiger partial charge in [0, 0.05) is 43.4 Å². The van der Waals surface area contributed by atoms with Gasteiger partial charge in [0.2, 0.25) is 5.91 Å². The number of hydrogen-bond donors (Lipinski definition) is 1. The fourth-order valence-electron chi connectivity index (χ4n) is 3.79. The molecule has 1 aromatic heterocycles. The zero-order valence-corrected chi connectivity index (χ0v) is 14.9. The van der Waals surface area contributed by atoms with E-state index >= 15 is 0 Å². The third kappa shape index (κ3) is 3.17. The topological polar surface area (TPSA) is 56.1 Å². The van der Waals surface area contributed by atoms with Gasteiger partial charge in [-0.3, -0.25) is 4.79 Å². The van der Waals surface area contributed by atoms with Gasteiger partial charge in [-0.2, -0.15) is 0 Å². The number of rotatable bonds is 5. The molecule has 1 aliphatic rings. The highest BCUT2D eigenvalue weighted by Crippen LogP contribution is 2.28. The number of aryl methyl sites for hydroxylation is 1. The maximum absolute atomic E-state index is 12.6. The first-order chi connectivity index (χ1) is 12.8. The van der Waals surface area contributed by atoms with Crippen LogP contribution in [0, 0.1) is 5.92 Å². The molecule has 3 aromatic rings. The minimum absolute atomic E-state index is 0.0133. The van der Waals surface area contributed by atoms with Crippen molar-refractivity contribution in [2.45, 2.75) is 25.8 Å². The number of hydrogen-bond acceptors (Lipinski definition) is 3. The van der Waals surface area contributed by atoms with Crippen LogP contribution in [-0.2, 0) is 24.2 Å². The highest BCUT2D eigenvalue weighted by Gasteiger charge is 2.25. The molecular formula is C21H23N3O2. The molecule has 0 saturated carbocycles. The highest BCUT2D eigenvalue weighted by molar-refractivity contribution is 5.88. The van der Waals surface area contributed by atoms with Crippen molar-refractivity contribution in [3.8, 4) is 5.75 Å². The van der Waals surface area contributed by atoms with Gasteiger partial charge in [-0.25, -0.2) is 4.98 Å². The molecule has 0 aliphatic carbocycles. The number of amides is 1. The molecule has 0 fully saturated rings. The fourth-order valence-corrected chi connectivity index (χ4v) is 3.79. The third-order valence-corrected chi connectivity index (χ3v) is 5.21. The summed E-state index contributed by atoms with van der Waals surface area (Å²) in [6, 6.07) is 12.3. The van der Waals surface area contributed by atoms with E-state index in [1.54, 1.807) is 7.11 Å². The summed E-state index contributed by atoms with van der Waals surface area (Å²) in [5.74, 6) is 2.02. The lowest BCUT2D eigenvalue weighted by molar-refractivity contribution is -0.125. The average Bonchev–Trinajstić information content (AvgIpc) is 3.15. The van der Waals surface area contributed by atoms with Crippen molar-refractivity contribution in [1.82, 2.24) is 14.9 Å². The summed E-state index contributed by atoms with van der Waals surface area (Å²) in [7, 11) is 1.69. The van der Waals surface area contributed by atoms with Crippen LogP contribution in [0.5, 0.6) is 5.75 Å². The van der Waals surface area contributed by atoms with Gasteiger partial charge in [0.05, 0.1) is 7.11 Å². The Bertz CT molecular complexity index is 932. The van der Waals surface area contributed by atoms with Crippen molar-refractivity contribution in [3.05, 3.63) is 60.2 Å². The second-order valence-electron chi connectivity index (χ2n) is 6.74. The van der Waals surface area contributed by atoms with E-state index in [0.717, 1.165) is 42.9 Å². The van der Waals surface area contributed by atoms with E-state index in [9.17, 15) is 4.79 Å². The Balaban J connectivity index is 1.42. The van der Waals surface area contributed by atoms with Crippen LogP contribution >= 0.6 is 0 Å². The number of fused-ring (bicyclic) bond motifs is 2. The van der Waals surface area contributed by atoms with Crippen LogP contribution in [0.3, 0.4) is 0 Å². The van der Waals surface area contributed by atoms with E-state index in [0.29, 0.717) is 6.54 Å². The van der Waals surface area contributed by atoms with Crippen LogP contribution in [0.15, 0.2) is 48.8 Å². The SMILES string of the molecule is COc1ccc2ccccc2c1CCNC(=O)C1CCn2ccnc2C1. The summed E-state index contributed by atoms with van der Waals surface area (Å²) in [4.78, 5) is 16.9. The summed E-state index contributed by atoms with van der Waals surface area (Å²) in [6.07, 6.45) is 6.12. The number of imidazole rings is 1. The average molecular weight is 349 g/mol. The Kier molecular flexibility index (Phi) is 4.61. The van der Waals surface area contributed by atoms with E-state index in [-0.39, 0.29) is 11.8 Å². The van der Waals surface area contributed by atoms with Crippen LogP contribution in [0.4, 0.5) is 0 Å². The number of carbonyl (C=O) groups is 1. The minimum Gasteiger partial charge on any atom is -0.496 e. The molecule has 1 atom stereocenters. The standard InChI is InChI=1S/C21H23N3O2/c1-26-19-7-6-15-4-2-3-5-17(15)18(19)8-10-23-21(25)16-9-12-24-13-11-22-20(24)14-16/h2-7,11,13,16H,8-10,12,14H2,1H3,(H,23,25). The van der Waals surface area contributed by atoms with Crippen LogP contribution in [0.2, 0.25) is 0 Å². The van der Waals surface area contributed by atoms with Gasteiger partial charge in [0.15, 0.2) is 0 Å². The Morgan fingerprint density at radius 2 is 2.19 bits per heavy atom. The number of nitrogens with one attached hydrogen (secondary N) is 1. The van der Waals surface area contributed by atoms with Gasteiger partial charge < -0.3 is 14.6 Å². The number of ether oxygens (including phenoxy) is 1. The molecule has 5 heteroatoms. The van der Waals surface area contributed by atoms with Crippen molar-refractivity contribution in [2.24, 2.45) is 5.92 Å². The number of nitrogens with zero attached hydrogens (tertiary/aromatic N) is 2. The number of aromatic nitrogens is 2. The van der Waals surface area contributed by atoms with Gasteiger partial charge in [-0.15, -0.1) is 0 Å². The summed E-state index contributed by atoms with van der Waals surface area (Å²) in [5.41, 5.74) is 1.14. The predicted molar refractivity (Wildman–Crippen MR) is 101 cm³/mol. The lowest BCUT2D eigenvalue weighted by Crippen LogP contribution is -2.36. The molecule has 0 radical (unpaired) electrons. The smallest absolute Gasteiger partial charge is 0.223 e. The normalized spacial score (nSPS) is 16.3. The first kappa shape index (κ1) is 16.6. The maximum Gasteiger partial charge on any atom is 0.223 e. The van der Waals surface area contributed by atoms with Crippen LogP contribution in [0.25, 0.3) is 10.8 Å². The van der Waals surface area contributed by atoms with Crippen LogP contribution in [-0.4, -0.2) is 29.1 Å². The summed E-state index contributed by atoms with van der Waals surface area (Å²) in [6.45, 7) is 1.47. The van der Waals surface area contributed by atoms with E-state index < -0.39 is 0 Å².